The molecule has 1 saturated heterocycles. The van der Waals surface area contributed by atoms with Crippen molar-refractivity contribution in [2.45, 2.75) is 70.7 Å². The van der Waals surface area contributed by atoms with Crippen LogP contribution in [0.4, 0.5) is 5.82 Å². The summed E-state index contributed by atoms with van der Waals surface area (Å²) < 4.78 is 41.9. The van der Waals surface area contributed by atoms with Crippen LogP contribution in [0.25, 0.3) is 6.08 Å². The summed E-state index contributed by atoms with van der Waals surface area (Å²) in [6, 6.07) is 18.0. The maximum atomic E-state index is 13.8. The fourth-order valence-corrected chi connectivity index (χ4v) is 5.64. The van der Waals surface area contributed by atoms with Crippen LogP contribution in [0.1, 0.15) is 66.8 Å². The van der Waals surface area contributed by atoms with Crippen molar-refractivity contribution < 1.29 is 42.7 Å². The van der Waals surface area contributed by atoms with Crippen LogP contribution in [0, 0.1) is 5.92 Å². The summed E-state index contributed by atoms with van der Waals surface area (Å²) in [4.78, 5) is 31.3. The van der Waals surface area contributed by atoms with E-state index >= 15 is 0 Å². The minimum Gasteiger partial charge on any atom is -0.493 e. The Hall–Kier alpha value is -4.71. The molecule has 11 nitrogen and oxygen atoms in total. The molecule has 2 aliphatic heterocycles. The van der Waals surface area contributed by atoms with Crippen molar-refractivity contribution >= 4 is 23.8 Å². The number of pyridine rings is 1. The van der Waals surface area contributed by atoms with Gasteiger partial charge in [-0.1, -0.05) is 49.4 Å². The first-order chi connectivity index (χ1) is 24.1. The van der Waals surface area contributed by atoms with Gasteiger partial charge in [-0.2, -0.15) is 0 Å². The average Bonchev–Trinajstić information content (AvgIpc) is 3.42. The van der Waals surface area contributed by atoms with Crippen molar-refractivity contribution in [2.75, 3.05) is 32.4 Å². The van der Waals surface area contributed by atoms with E-state index in [1.165, 1.54) is 7.11 Å². The summed E-state index contributed by atoms with van der Waals surface area (Å²) in [5.74, 6) is -0.630. The third kappa shape index (κ3) is 9.93. The standard InChI is InChI=1S/C39H46N2O9/c1-26-18-19-31(48-37(42)28-13-7-6-8-14-28)36-32(49-39(3,4)50-36)16-11-15-29-23-30(45-22-12-21-41-34-17-9-10-20-40-34)24-33(46-25-44-5)35(29)38(43)47-27(26)2/h6-11,13-15,17-20,23-24,26-27,31-32,36H,12,16,21-22,25H2,1-5H3,(H,40,41)/b15-11?,19-18-/t26-,27+,31?,32?,36?/m1/s1. The van der Waals surface area contributed by atoms with Crippen LogP contribution in [-0.2, 0) is 23.7 Å². The van der Waals surface area contributed by atoms with Gasteiger partial charge in [-0.25, -0.2) is 14.6 Å². The average molecular weight is 687 g/mol. The van der Waals surface area contributed by atoms with Gasteiger partial charge >= 0.3 is 11.9 Å². The molecule has 3 unspecified atom stereocenters. The molecule has 5 rings (SSSR count). The first-order valence-electron chi connectivity index (χ1n) is 16.9. The third-order valence-corrected chi connectivity index (χ3v) is 8.30. The molecule has 266 valence electrons. The van der Waals surface area contributed by atoms with Crippen molar-refractivity contribution in [1.29, 1.82) is 0 Å². The third-order valence-electron chi connectivity index (χ3n) is 8.30. The highest BCUT2D eigenvalue weighted by molar-refractivity contribution is 5.97. The normalized spacial score (nSPS) is 23.8. The van der Waals surface area contributed by atoms with E-state index in [0.717, 1.165) is 5.82 Å². The van der Waals surface area contributed by atoms with Gasteiger partial charge in [0.25, 0.3) is 0 Å². The number of benzene rings is 2. The number of nitrogens with zero attached hydrogens (tertiary/aromatic N) is 1. The minimum absolute atomic E-state index is 0.0807. The fourth-order valence-electron chi connectivity index (χ4n) is 5.64. The molecule has 1 N–H and O–H groups in total. The number of hydrogen-bond acceptors (Lipinski definition) is 11. The molecule has 2 aliphatic rings. The zero-order chi connectivity index (χ0) is 35.5. The lowest BCUT2D eigenvalue weighted by Gasteiger charge is -2.25. The highest BCUT2D eigenvalue weighted by Gasteiger charge is 2.45. The van der Waals surface area contributed by atoms with E-state index < -0.39 is 42.1 Å². The quantitative estimate of drug-likeness (QED) is 0.0987. The molecule has 0 bridgehead atoms. The second kappa shape index (κ2) is 17.3. The number of cyclic esters (lactones) is 1. The summed E-state index contributed by atoms with van der Waals surface area (Å²) in [5.41, 5.74) is 1.22. The molecule has 3 heterocycles. The first-order valence-corrected chi connectivity index (χ1v) is 16.9. The summed E-state index contributed by atoms with van der Waals surface area (Å²) in [6.07, 6.45) is 7.81. The number of methoxy groups -OCH3 is 1. The van der Waals surface area contributed by atoms with Gasteiger partial charge in [0, 0.05) is 31.8 Å². The van der Waals surface area contributed by atoms with Gasteiger partial charge in [0.15, 0.2) is 12.6 Å². The molecule has 1 aromatic heterocycles. The lowest BCUT2D eigenvalue weighted by atomic mass is 9.98. The van der Waals surface area contributed by atoms with Gasteiger partial charge in [0.05, 0.1) is 18.3 Å². The lowest BCUT2D eigenvalue weighted by Crippen LogP contribution is -2.37. The van der Waals surface area contributed by atoms with Crippen molar-refractivity contribution in [3.05, 3.63) is 102 Å². The van der Waals surface area contributed by atoms with Gasteiger partial charge < -0.3 is 38.5 Å². The highest BCUT2D eigenvalue weighted by Crippen LogP contribution is 2.36. The Morgan fingerprint density at radius 1 is 1.02 bits per heavy atom. The number of carbonyl (C=O) groups excluding carboxylic acids is 2. The Labute approximate surface area is 293 Å². The summed E-state index contributed by atoms with van der Waals surface area (Å²) in [7, 11) is 1.51. The largest absolute Gasteiger partial charge is 0.493 e. The molecule has 0 aliphatic carbocycles. The SMILES string of the molecule is COCOc1cc(OCCCNc2ccccn2)cc2c1C(=O)O[C@@H](C)[C@H](C)/C=C\C(OC(=O)c1ccccc1)C1OC(C)(C)OC1CC=C2. The number of anilines is 1. The number of fused-ring (bicyclic) bond motifs is 2. The number of nitrogens with one attached hydrogen (secondary N) is 1. The first kappa shape index (κ1) is 36.6. The Balaban J connectivity index is 1.43. The maximum absolute atomic E-state index is 13.8. The van der Waals surface area contributed by atoms with E-state index in [-0.39, 0.29) is 24.0 Å². The van der Waals surface area contributed by atoms with E-state index in [4.69, 9.17) is 33.2 Å². The molecule has 50 heavy (non-hydrogen) atoms. The van der Waals surface area contributed by atoms with Gasteiger partial charge in [-0.05, 0) is 75.6 Å². The van der Waals surface area contributed by atoms with Crippen LogP contribution in [0.15, 0.2) is 85.1 Å². The molecule has 2 aromatic carbocycles. The van der Waals surface area contributed by atoms with Gasteiger partial charge in [0.2, 0.25) is 0 Å². The molecular formula is C39H46N2O9. The van der Waals surface area contributed by atoms with Crippen LogP contribution in [-0.4, -0.2) is 74.2 Å². The van der Waals surface area contributed by atoms with Gasteiger partial charge in [0.1, 0.15) is 41.2 Å². The summed E-state index contributed by atoms with van der Waals surface area (Å²) in [6.45, 7) is 8.39. The summed E-state index contributed by atoms with van der Waals surface area (Å²) >= 11 is 0. The second-order valence-electron chi connectivity index (χ2n) is 12.6. The van der Waals surface area contributed by atoms with Crippen molar-refractivity contribution in [3.63, 3.8) is 0 Å². The Kier molecular flexibility index (Phi) is 12.6. The Bertz CT molecular complexity index is 1630. The maximum Gasteiger partial charge on any atom is 0.342 e. The number of hydrogen-bond donors (Lipinski definition) is 1. The highest BCUT2D eigenvalue weighted by atomic mass is 16.8. The molecule has 5 atom stereocenters. The zero-order valence-electron chi connectivity index (χ0n) is 29.2. The molecule has 11 heteroatoms. The van der Waals surface area contributed by atoms with E-state index in [9.17, 15) is 9.59 Å². The lowest BCUT2D eigenvalue weighted by molar-refractivity contribution is -0.152. The second-order valence-corrected chi connectivity index (χ2v) is 12.6. The van der Waals surface area contributed by atoms with Crippen LogP contribution >= 0.6 is 0 Å². The number of ether oxygens (including phenoxy) is 7. The molecule has 0 saturated carbocycles. The van der Waals surface area contributed by atoms with E-state index in [0.29, 0.717) is 42.9 Å². The predicted octanol–water partition coefficient (Wildman–Crippen LogP) is 6.85. The number of carbonyl (C=O) groups is 2. The fraction of sp³-hybridized carbons (Fsp3) is 0.410. The predicted molar refractivity (Wildman–Crippen MR) is 188 cm³/mol. The van der Waals surface area contributed by atoms with Crippen LogP contribution in [0.2, 0.25) is 0 Å². The van der Waals surface area contributed by atoms with E-state index in [2.05, 4.69) is 10.3 Å². The van der Waals surface area contributed by atoms with Gasteiger partial charge in [-0.15, -0.1) is 0 Å². The Morgan fingerprint density at radius 3 is 2.58 bits per heavy atom. The van der Waals surface area contributed by atoms with Crippen molar-refractivity contribution in [1.82, 2.24) is 4.98 Å². The number of rotatable bonds is 11. The molecule has 3 aromatic rings. The zero-order valence-corrected chi connectivity index (χ0v) is 29.2. The molecule has 0 amide bonds. The number of aromatic nitrogens is 1. The van der Waals surface area contributed by atoms with Crippen molar-refractivity contribution in [3.8, 4) is 11.5 Å². The molecule has 1 fully saturated rings. The molecule has 0 radical (unpaired) electrons. The van der Waals surface area contributed by atoms with E-state index in [1.54, 1.807) is 48.7 Å². The summed E-state index contributed by atoms with van der Waals surface area (Å²) in [5, 5.41) is 3.27. The van der Waals surface area contributed by atoms with Crippen molar-refractivity contribution in [2.24, 2.45) is 5.92 Å². The van der Waals surface area contributed by atoms with Gasteiger partial charge in [-0.3, -0.25) is 0 Å². The van der Waals surface area contributed by atoms with E-state index in [1.807, 2.05) is 70.2 Å². The smallest absolute Gasteiger partial charge is 0.342 e. The van der Waals surface area contributed by atoms with Crippen LogP contribution in [0.5, 0.6) is 11.5 Å². The van der Waals surface area contributed by atoms with Crippen LogP contribution < -0.4 is 14.8 Å². The minimum atomic E-state index is -0.925. The Morgan fingerprint density at radius 2 is 1.82 bits per heavy atom. The molecule has 0 spiro atoms. The molecular weight excluding hydrogens is 640 g/mol. The monoisotopic (exact) mass is 686 g/mol. The number of esters is 2. The topological polar surface area (TPSA) is 124 Å². The van der Waals surface area contributed by atoms with Crippen LogP contribution in [0.3, 0.4) is 0 Å².